The van der Waals surface area contributed by atoms with Crippen LogP contribution in [0.25, 0.3) is 54.9 Å². The lowest BCUT2D eigenvalue weighted by Gasteiger charge is -2.40. The zero-order valence-electron chi connectivity index (χ0n) is 32.2. The van der Waals surface area contributed by atoms with E-state index in [1.165, 1.54) is 93.9 Å². The molecule has 1 spiro atoms. The van der Waals surface area contributed by atoms with Crippen LogP contribution in [0.5, 0.6) is 11.5 Å². The number of hydrogen-bond donors (Lipinski definition) is 0. The minimum atomic E-state index is -0.570. The molecular formula is C58H36O. The summed E-state index contributed by atoms with van der Waals surface area (Å²) in [6.07, 6.45) is 0. The number of ether oxygens (including phenoxy) is 1. The smallest absolute Gasteiger partial charge is 0.132 e. The fraction of sp³-hybridized carbons (Fsp3) is 0.0345. The fourth-order valence-corrected chi connectivity index (χ4v) is 11.2. The van der Waals surface area contributed by atoms with E-state index in [9.17, 15) is 0 Å². The van der Waals surface area contributed by atoms with Crippen LogP contribution in [0.15, 0.2) is 218 Å². The van der Waals surface area contributed by atoms with E-state index in [4.69, 9.17) is 4.74 Å². The Morgan fingerprint density at radius 3 is 1.49 bits per heavy atom. The first-order valence-electron chi connectivity index (χ1n) is 20.6. The summed E-state index contributed by atoms with van der Waals surface area (Å²) in [6.45, 7) is 0. The van der Waals surface area contributed by atoms with E-state index < -0.39 is 10.8 Å². The van der Waals surface area contributed by atoms with E-state index in [0.717, 1.165) is 17.1 Å². The lowest BCUT2D eigenvalue weighted by Crippen LogP contribution is -2.32. The van der Waals surface area contributed by atoms with Crippen molar-refractivity contribution in [3.05, 3.63) is 263 Å². The molecule has 274 valence electrons. The Labute approximate surface area is 343 Å². The summed E-state index contributed by atoms with van der Waals surface area (Å²) in [7, 11) is 0. The van der Waals surface area contributed by atoms with Crippen molar-refractivity contribution in [2.75, 3.05) is 0 Å². The first-order chi connectivity index (χ1) is 29.2. The quantitative estimate of drug-likeness (QED) is 0.175. The minimum absolute atomic E-state index is 0.536. The zero-order valence-corrected chi connectivity index (χ0v) is 32.2. The first kappa shape index (κ1) is 32.6. The second-order valence-corrected chi connectivity index (χ2v) is 16.3. The molecule has 0 N–H and O–H groups in total. The Balaban J connectivity index is 1.10. The molecule has 0 fully saturated rings. The highest BCUT2D eigenvalue weighted by Crippen LogP contribution is 2.63. The highest BCUT2D eigenvalue weighted by Gasteiger charge is 2.52. The minimum Gasteiger partial charge on any atom is -0.457 e. The molecule has 10 aromatic carbocycles. The number of fused-ring (bicyclic) bond motifs is 15. The molecular weight excluding hydrogens is 713 g/mol. The van der Waals surface area contributed by atoms with Gasteiger partial charge in [0.2, 0.25) is 0 Å². The maximum Gasteiger partial charge on any atom is 0.132 e. The van der Waals surface area contributed by atoms with Crippen LogP contribution < -0.4 is 4.74 Å². The summed E-state index contributed by atoms with van der Waals surface area (Å²) >= 11 is 0. The molecule has 0 radical (unpaired) electrons. The number of benzene rings is 10. The fourth-order valence-electron chi connectivity index (χ4n) is 11.2. The summed E-state index contributed by atoms with van der Waals surface area (Å²) in [5.41, 5.74) is 16.5. The van der Waals surface area contributed by atoms with Gasteiger partial charge in [-0.05, 0) is 119 Å². The monoisotopic (exact) mass is 748 g/mol. The average Bonchev–Trinajstić information content (AvgIpc) is 3.78. The van der Waals surface area contributed by atoms with E-state index in [2.05, 4.69) is 218 Å². The van der Waals surface area contributed by atoms with Crippen LogP contribution in [-0.2, 0) is 10.8 Å². The van der Waals surface area contributed by atoms with E-state index >= 15 is 0 Å². The van der Waals surface area contributed by atoms with Gasteiger partial charge >= 0.3 is 0 Å². The molecule has 0 amide bonds. The molecule has 1 nitrogen and oxygen atoms in total. The largest absolute Gasteiger partial charge is 0.457 e. The molecule has 0 unspecified atom stereocenters. The molecule has 0 aromatic heterocycles. The third kappa shape index (κ3) is 4.24. The van der Waals surface area contributed by atoms with Gasteiger partial charge in [0.1, 0.15) is 11.5 Å². The molecule has 59 heavy (non-hydrogen) atoms. The predicted octanol–water partition coefficient (Wildman–Crippen LogP) is 14.5. The lowest BCUT2D eigenvalue weighted by molar-refractivity contribution is 0.437. The summed E-state index contributed by atoms with van der Waals surface area (Å²) in [6, 6.07) is 81.1. The molecule has 2 aliphatic carbocycles. The van der Waals surface area contributed by atoms with E-state index in [-0.39, 0.29) is 0 Å². The van der Waals surface area contributed by atoms with Crippen molar-refractivity contribution in [2.45, 2.75) is 10.8 Å². The van der Waals surface area contributed by atoms with Crippen molar-refractivity contribution in [1.82, 2.24) is 0 Å². The lowest BCUT2D eigenvalue weighted by atomic mass is 9.65. The van der Waals surface area contributed by atoms with Crippen LogP contribution in [-0.4, -0.2) is 0 Å². The van der Waals surface area contributed by atoms with Gasteiger partial charge in [-0.25, -0.2) is 0 Å². The molecule has 10 aromatic rings. The van der Waals surface area contributed by atoms with Crippen LogP contribution >= 0.6 is 0 Å². The second-order valence-electron chi connectivity index (χ2n) is 16.3. The summed E-state index contributed by atoms with van der Waals surface area (Å²) in [4.78, 5) is 0. The molecule has 0 bridgehead atoms. The first-order valence-corrected chi connectivity index (χ1v) is 20.6. The molecule has 3 aliphatic rings. The zero-order chi connectivity index (χ0) is 38.7. The van der Waals surface area contributed by atoms with Gasteiger partial charge in [-0.3, -0.25) is 0 Å². The van der Waals surface area contributed by atoms with Crippen molar-refractivity contribution in [3.63, 3.8) is 0 Å². The van der Waals surface area contributed by atoms with E-state index in [1.54, 1.807) is 0 Å². The Kier molecular flexibility index (Phi) is 6.64. The highest BCUT2D eigenvalue weighted by atomic mass is 16.5. The molecule has 0 saturated carbocycles. The normalized spacial score (nSPS) is 14.5. The van der Waals surface area contributed by atoms with Crippen molar-refractivity contribution < 1.29 is 4.74 Å². The van der Waals surface area contributed by atoms with E-state index in [0.29, 0.717) is 0 Å². The van der Waals surface area contributed by atoms with Crippen LogP contribution in [0.1, 0.15) is 44.5 Å². The van der Waals surface area contributed by atoms with Crippen LogP contribution in [0, 0.1) is 0 Å². The van der Waals surface area contributed by atoms with Crippen molar-refractivity contribution in [3.8, 4) is 44.9 Å². The highest BCUT2D eigenvalue weighted by molar-refractivity contribution is 6.01. The van der Waals surface area contributed by atoms with Crippen molar-refractivity contribution in [1.29, 1.82) is 0 Å². The Morgan fingerprint density at radius 2 is 0.797 bits per heavy atom. The second kappa shape index (κ2) is 12.0. The maximum atomic E-state index is 7.00. The summed E-state index contributed by atoms with van der Waals surface area (Å²) < 4.78 is 7.00. The Hall–Kier alpha value is -7.48. The van der Waals surface area contributed by atoms with Gasteiger partial charge in [-0.1, -0.05) is 188 Å². The van der Waals surface area contributed by atoms with E-state index in [1.807, 2.05) is 0 Å². The van der Waals surface area contributed by atoms with Crippen LogP contribution in [0.4, 0.5) is 0 Å². The Morgan fingerprint density at radius 1 is 0.288 bits per heavy atom. The molecule has 1 heterocycles. The average molecular weight is 749 g/mol. The third-order valence-electron chi connectivity index (χ3n) is 13.6. The number of hydrogen-bond acceptors (Lipinski definition) is 1. The van der Waals surface area contributed by atoms with Crippen LogP contribution in [0.3, 0.4) is 0 Å². The number of rotatable bonds is 3. The van der Waals surface area contributed by atoms with Crippen LogP contribution in [0.2, 0.25) is 0 Å². The summed E-state index contributed by atoms with van der Waals surface area (Å²) in [5.74, 6) is 1.81. The van der Waals surface area contributed by atoms with Gasteiger partial charge < -0.3 is 4.74 Å². The van der Waals surface area contributed by atoms with Gasteiger partial charge in [0, 0.05) is 11.1 Å². The molecule has 13 rings (SSSR count). The molecule has 1 aliphatic heterocycles. The van der Waals surface area contributed by atoms with Gasteiger partial charge in [-0.15, -0.1) is 0 Å². The molecule has 1 heteroatoms. The predicted molar refractivity (Wildman–Crippen MR) is 242 cm³/mol. The van der Waals surface area contributed by atoms with Crippen molar-refractivity contribution in [2.24, 2.45) is 0 Å². The Bertz CT molecular complexity index is 3270. The van der Waals surface area contributed by atoms with Gasteiger partial charge in [0.25, 0.3) is 0 Å². The topological polar surface area (TPSA) is 9.23 Å². The standard InChI is InChI=1S/C58H36O/c1-3-18-42(19-4-1)57(43-20-5-2-6-21-43)51-33-40(28-30-47(51)48-31-27-37-15-9-10-22-44(37)56(48)57)41-29-32-54-52(35-41)58(53-34-38-16-7-8-17-39(38)36-55(53)59-54)49-25-13-11-23-45(49)46-24-12-14-26-50(46)58/h1-36H. The SMILES string of the molecule is c1ccc(C2(c3ccccc3)c3cc(-c4ccc5c(c4)C4(c6cc7ccccc7cc6O5)c5ccccc5-c5ccccc54)ccc3-c3ccc4ccccc4c32)cc1. The third-order valence-corrected chi connectivity index (χ3v) is 13.6. The molecule has 0 saturated heterocycles. The van der Waals surface area contributed by atoms with Crippen molar-refractivity contribution >= 4 is 21.5 Å². The van der Waals surface area contributed by atoms with Gasteiger partial charge in [-0.2, -0.15) is 0 Å². The van der Waals surface area contributed by atoms with Gasteiger partial charge in [0.15, 0.2) is 0 Å². The molecule has 0 atom stereocenters. The summed E-state index contributed by atoms with van der Waals surface area (Å²) in [5, 5.41) is 4.92. The van der Waals surface area contributed by atoms with Gasteiger partial charge in [0.05, 0.1) is 10.8 Å². The maximum absolute atomic E-state index is 7.00.